The minimum atomic E-state index is -1.51. The summed E-state index contributed by atoms with van der Waals surface area (Å²) in [7, 11) is 0. The van der Waals surface area contributed by atoms with E-state index in [0.717, 1.165) is 11.6 Å². The fraction of sp³-hybridized carbons (Fsp3) is 0.346. The molecule has 10 nitrogen and oxygen atoms in total. The second-order valence-electron chi connectivity index (χ2n) is 9.29. The molecule has 4 N–H and O–H groups in total. The predicted octanol–water partition coefficient (Wildman–Crippen LogP) is 2.17. The third kappa shape index (κ3) is 8.71. The second-order valence-corrected chi connectivity index (χ2v) is 9.29. The van der Waals surface area contributed by atoms with Crippen molar-refractivity contribution >= 4 is 35.2 Å². The summed E-state index contributed by atoms with van der Waals surface area (Å²) in [4.78, 5) is 61.1. The number of halogens is 1. The predicted molar refractivity (Wildman–Crippen MR) is 132 cm³/mol. The lowest BCUT2D eigenvalue weighted by molar-refractivity contribution is -0.141. The molecule has 0 fully saturated rings. The molecule has 2 rings (SSSR count). The first-order valence-electron chi connectivity index (χ1n) is 11.4. The van der Waals surface area contributed by atoms with Crippen molar-refractivity contribution in [1.82, 2.24) is 10.6 Å². The molecule has 2 aromatic carbocycles. The first-order valence-corrected chi connectivity index (χ1v) is 11.4. The van der Waals surface area contributed by atoms with Crippen LogP contribution in [0.15, 0.2) is 48.5 Å². The van der Waals surface area contributed by atoms with Crippen molar-refractivity contribution in [3.63, 3.8) is 0 Å². The number of rotatable bonds is 10. The molecule has 0 bridgehead atoms. The molecule has 0 heterocycles. The van der Waals surface area contributed by atoms with Crippen LogP contribution in [0.1, 0.15) is 39.7 Å². The van der Waals surface area contributed by atoms with Gasteiger partial charge in [0.2, 0.25) is 5.91 Å². The van der Waals surface area contributed by atoms with Gasteiger partial charge in [0.1, 0.15) is 18.7 Å². The minimum absolute atomic E-state index is 0.212. The van der Waals surface area contributed by atoms with Crippen LogP contribution in [0.2, 0.25) is 0 Å². The number of para-hydroxylation sites is 2. The number of ketones is 1. The van der Waals surface area contributed by atoms with Gasteiger partial charge in [-0.05, 0) is 36.1 Å². The van der Waals surface area contributed by atoms with E-state index in [-0.39, 0.29) is 11.2 Å². The van der Waals surface area contributed by atoms with Gasteiger partial charge in [0.05, 0.1) is 6.42 Å². The number of aliphatic carboxylic acids is 1. The highest BCUT2D eigenvalue weighted by Crippen LogP contribution is 2.29. The van der Waals surface area contributed by atoms with E-state index >= 15 is 0 Å². The highest BCUT2D eigenvalue weighted by Gasteiger charge is 2.28. The van der Waals surface area contributed by atoms with Gasteiger partial charge >= 0.3 is 17.8 Å². The van der Waals surface area contributed by atoms with Crippen LogP contribution in [0.5, 0.6) is 5.75 Å². The van der Waals surface area contributed by atoms with Crippen LogP contribution >= 0.6 is 0 Å². The summed E-state index contributed by atoms with van der Waals surface area (Å²) in [6, 6.07) is 9.50. The normalized spacial score (nSPS) is 12.6. The number of amides is 3. The van der Waals surface area contributed by atoms with Crippen LogP contribution in [0.4, 0.5) is 10.1 Å². The molecule has 0 aliphatic carbocycles. The summed E-state index contributed by atoms with van der Waals surface area (Å²) >= 11 is 0. The lowest BCUT2D eigenvalue weighted by Gasteiger charge is -2.23. The van der Waals surface area contributed by atoms with E-state index < -0.39 is 60.4 Å². The Balaban J connectivity index is 1.99. The number of carboxylic acid groups (broad SMARTS) is 1. The Hall–Kier alpha value is -4.28. The molecule has 0 saturated heterocycles. The molecule has 2 aromatic rings. The van der Waals surface area contributed by atoms with Crippen molar-refractivity contribution < 1.29 is 38.2 Å². The zero-order chi connectivity index (χ0) is 27.8. The summed E-state index contributed by atoms with van der Waals surface area (Å²) in [6.45, 7) is 6.40. The Morgan fingerprint density at radius 2 is 1.57 bits per heavy atom. The maximum Gasteiger partial charge on any atom is 0.313 e. The van der Waals surface area contributed by atoms with Crippen molar-refractivity contribution in [3.05, 3.63) is 59.9 Å². The Bertz CT molecular complexity index is 1180. The molecule has 0 aliphatic rings. The zero-order valence-electron chi connectivity index (χ0n) is 21.0. The number of carbonyl (C=O) groups excluding carboxylic acids is 4. The monoisotopic (exact) mass is 515 g/mol. The molecule has 2 atom stereocenters. The smallest absolute Gasteiger partial charge is 0.313 e. The van der Waals surface area contributed by atoms with Gasteiger partial charge in [-0.2, -0.15) is 0 Å². The highest BCUT2D eigenvalue weighted by atomic mass is 19.1. The molecule has 0 spiro atoms. The number of Topliss-reactive ketones (excluding diaryl/α,β-unsaturated/α-hetero) is 1. The SMILES string of the molecule is C[C@H](NC(=O)C(=O)Nc1ccccc1C(C)(C)C)C(=O)N[C@@H](CC(=O)O)C(=O)COc1ccccc1F. The van der Waals surface area contributed by atoms with Crippen molar-refractivity contribution in [2.75, 3.05) is 11.9 Å². The Kier molecular flexibility index (Phi) is 9.87. The summed E-state index contributed by atoms with van der Waals surface area (Å²) in [5.41, 5.74) is 0.929. The average molecular weight is 516 g/mol. The molecule has 0 aliphatic heterocycles. The van der Waals surface area contributed by atoms with Crippen LogP contribution in [-0.4, -0.2) is 53.3 Å². The lowest BCUT2D eigenvalue weighted by Crippen LogP contribution is -2.53. The number of benzene rings is 2. The third-order valence-electron chi connectivity index (χ3n) is 5.22. The number of carboxylic acids is 1. The van der Waals surface area contributed by atoms with Gasteiger partial charge in [0, 0.05) is 5.69 Å². The quantitative estimate of drug-likeness (QED) is 0.354. The number of anilines is 1. The van der Waals surface area contributed by atoms with Crippen molar-refractivity contribution in [2.45, 2.75) is 51.6 Å². The van der Waals surface area contributed by atoms with Crippen LogP contribution in [0.3, 0.4) is 0 Å². The van der Waals surface area contributed by atoms with Gasteiger partial charge in [-0.15, -0.1) is 0 Å². The number of hydrogen-bond donors (Lipinski definition) is 4. The molecule has 0 unspecified atom stereocenters. The van der Waals surface area contributed by atoms with E-state index in [9.17, 15) is 28.4 Å². The summed E-state index contributed by atoms with van der Waals surface area (Å²) < 4.78 is 18.8. The summed E-state index contributed by atoms with van der Waals surface area (Å²) in [5.74, 6) is -6.14. The Morgan fingerprint density at radius 1 is 0.946 bits per heavy atom. The standard InChI is InChI=1S/C26H30FN3O7/c1-15(28-24(35)25(36)29-18-11-7-5-9-16(18)26(2,3)4)23(34)30-19(13-22(32)33)20(31)14-37-21-12-8-6-10-17(21)27/h5-12,15,19H,13-14H2,1-4H3,(H,28,35)(H,29,36)(H,30,34)(H,32,33)/t15-,19-/m0/s1. The number of nitrogens with one attached hydrogen (secondary N) is 3. The Morgan fingerprint density at radius 3 is 2.19 bits per heavy atom. The summed E-state index contributed by atoms with van der Waals surface area (Å²) in [6.07, 6.45) is -0.768. The maximum atomic E-state index is 13.7. The molecule has 0 saturated carbocycles. The molecular formula is C26H30FN3O7. The topological polar surface area (TPSA) is 151 Å². The van der Waals surface area contributed by atoms with Crippen LogP contribution in [-0.2, 0) is 29.4 Å². The van der Waals surface area contributed by atoms with E-state index in [1.807, 2.05) is 26.8 Å². The zero-order valence-corrected chi connectivity index (χ0v) is 21.0. The largest absolute Gasteiger partial charge is 0.483 e. The van der Waals surface area contributed by atoms with Gasteiger partial charge in [-0.3, -0.25) is 24.0 Å². The van der Waals surface area contributed by atoms with Crippen LogP contribution in [0, 0.1) is 5.82 Å². The minimum Gasteiger partial charge on any atom is -0.483 e. The lowest BCUT2D eigenvalue weighted by atomic mass is 9.86. The molecule has 0 radical (unpaired) electrons. The van der Waals surface area contributed by atoms with E-state index in [1.165, 1.54) is 25.1 Å². The van der Waals surface area contributed by atoms with Gasteiger partial charge in [0.15, 0.2) is 17.3 Å². The second kappa shape index (κ2) is 12.6. The fourth-order valence-electron chi connectivity index (χ4n) is 3.28. The number of ether oxygens (including phenoxy) is 1. The van der Waals surface area contributed by atoms with Crippen molar-refractivity contribution in [3.8, 4) is 5.75 Å². The highest BCUT2D eigenvalue weighted by molar-refractivity contribution is 6.40. The van der Waals surface area contributed by atoms with E-state index in [4.69, 9.17) is 9.84 Å². The van der Waals surface area contributed by atoms with Crippen LogP contribution < -0.4 is 20.7 Å². The molecule has 3 amide bonds. The maximum absolute atomic E-state index is 13.7. The van der Waals surface area contributed by atoms with E-state index in [2.05, 4.69) is 16.0 Å². The average Bonchev–Trinajstić information content (AvgIpc) is 2.82. The van der Waals surface area contributed by atoms with Crippen molar-refractivity contribution in [2.24, 2.45) is 0 Å². The van der Waals surface area contributed by atoms with Crippen LogP contribution in [0.25, 0.3) is 0 Å². The van der Waals surface area contributed by atoms with Gasteiger partial charge in [-0.1, -0.05) is 51.1 Å². The van der Waals surface area contributed by atoms with E-state index in [0.29, 0.717) is 5.69 Å². The fourth-order valence-corrected chi connectivity index (χ4v) is 3.28. The molecule has 0 aromatic heterocycles. The Labute approximate surface area is 213 Å². The van der Waals surface area contributed by atoms with Gasteiger partial charge in [0.25, 0.3) is 0 Å². The first-order chi connectivity index (χ1) is 17.3. The summed E-state index contributed by atoms with van der Waals surface area (Å²) in [5, 5.41) is 16.1. The first kappa shape index (κ1) is 29.0. The molecular weight excluding hydrogens is 485 g/mol. The van der Waals surface area contributed by atoms with Crippen molar-refractivity contribution in [1.29, 1.82) is 0 Å². The third-order valence-corrected chi connectivity index (χ3v) is 5.22. The molecule has 198 valence electrons. The molecule has 37 heavy (non-hydrogen) atoms. The molecule has 11 heteroatoms. The number of carbonyl (C=O) groups is 5. The van der Waals surface area contributed by atoms with E-state index in [1.54, 1.807) is 18.2 Å². The van der Waals surface area contributed by atoms with Gasteiger partial charge in [-0.25, -0.2) is 4.39 Å². The number of hydrogen-bond acceptors (Lipinski definition) is 6. The van der Waals surface area contributed by atoms with Gasteiger partial charge < -0.3 is 25.8 Å².